The summed E-state index contributed by atoms with van der Waals surface area (Å²) < 4.78 is 40.7. The summed E-state index contributed by atoms with van der Waals surface area (Å²) in [7, 11) is 0. The summed E-state index contributed by atoms with van der Waals surface area (Å²) in [6.07, 6.45) is -1.81. The normalized spacial score (nSPS) is 11.5. The van der Waals surface area contributed by atoms with Crippen LogP contribution in [0.5, 0.6) is 5.75 Å². The molecule has 1 heterocycles. The molecule has 2 rings (SSSR count). The number of hydrogen-bond acceptors (Lipinski definition) is 2. The van der Waals surface area contributed by atoms with Gasteiger partial charge in [-0.1, -0.05) is 0 Å². The predicted molar refractivity (Wildman–Crippen MR) is 53.1 cm³/mol. The maximum atomic E-state index is 11.9. The van der Waals surface area contributed by atoms with Crippen LogP contribution in [0.1, 0.15) is 0 Å². The first-order chi connectivity index (χ1) is 7.96. The van der Waals surface area contributed by atoms with Crippen LogP contribution in [0.25, 0.3) is 5.69 Å². The summed E-state index contributed by atoms with van der Waals surface area (Å²) in [5.41, 5.74) is 0.0836. The molecule has 0 unspecified atom stereocenters. The number of ether oxygens (including phenoxy) is 1. The van der Waals surface area contributed by atoms with Crippen LogP contribution in [-0.4, -0.2) is 15.9 Å². The van der Waals surface area contributed by atoms with E-state index in [0.29, 0.717) is 5.69 Å². The minimum Gasteiger partial charge on any atom is -0.406 e. The van der Waals surface area contributed by atoms with Crippen molar-refractivity contribution in [2.75, 3.05) is 0 Å². The molecule has 2 aromatic rings. The fourth-order valence-corrected chi connectivity index (χ4v) is 1.33. The van der Waals surface area contributed by atoms with Gasteiger partial charge in [0.05, 0.1) is 5.69 Å². The van der Waals surface area contributed by atoms with E-state index in [2.05, 4.69) is 9.72 Å². The maximum Gasteiger partial charge on any atom is 0.573 e. The topological polar surface area (TPSA) is 47.0 Å². The van der Waals surface area contributed by atoms with Crippen molar-refractivity contribution in [3.63, 3.8) is 0 Å². The zero-order chi connectivity index (χ0) is 12.5. The van der Waals surface area contributed by atoms with E-state index in [0.717, 1.165) is 12.1 Å². The minimum atomic E-state index is -4.72. The Morgan fingerprint density at radius 3 is 2.29 bits per heavy atom. The Bertz CT molecular complexity index is 554. The van der Waals surface area contributed by atoms with Gasteiger partial charge in [0.2, 0.25) is 0 Å². The van der Waals surface area contributed by atoms with Gasteiger partial charge in [0.1, 0.15) is 5.75 Å². The Labute approximate surface area is 93.3 Å². The van der Waals surface area contributed by atoms with E-state index in [9.17, 15) is 18.0 Å². The maximum absolute atomic E-state index is 11.9. The Balaban J connectivity index is 2.25. The molecule has 0 fully saturated rings. The van der Waals surface area contributed by atoms with Crippen LogP contribution in [0.4, 0.5) is 13.2 Å². The zero-order valence-electron chi connectivity index (χ0n) is 8.36. The molecule has 0 spiro atoms. The van der Waals surface area contributed by atoms with Gasteiger partial charge in [-0.15, -0.1) is 13.2 Å². The van der Waals surface area contributed by atoms with Crippen molar-refractivity contribution in [3.8, 4) is 11.4 Å². The molecule has 0 aliphatic rings. The van der Waals surface area contributed by atoms with E-state index in [4.69, 9.17) is 0 Å². The first kappa shape index (κ1) is 11.3. The minimum absolute atomic E-state index is 0.329. The van der Waals surface area contributed by atoms with E-state index in [1.54, 1.807) is 0 Å². The van der Waals surface area contributed by atoms with Gasteiger partial charge < -0.3 is 9.72 Å². The second-order valence-electron chi connectivity index (χ2n) is 3.18. The molecule has 4 nitrogen and oxygen atoms in total. The molecule has 0 amide bonds. The SMILES string of the molecule is O=c1[nH]ccn1-c1ccc(OC(F)(F)F)cc1. The third kappa shape index (κ3) is 2.68. The number of halogens is 3. The van der Waals surface area contributed by atoms with Crippen LogP contribution in [0.15, 0.2) is 41.5 Å². The predicted octanol–water partition coefficient (Wildman–Crippen LogP) is 2.06. The standard InChI is InChI=1S/C10H7F3N2O2/c11-10(12,13)17-8-3-1-7(2-4-8)15-6-5-14-9(15)16/h1-6H,(H,14,16). The molecule has 0 saturated carbocycles. The van der Waals surface area contributed by atoms with Crippen molar-refractivity contribution < 1.29 is 17.9 Å². The van der Waals surface area contributed by atoms with Crippen LogP contribution in [0.2, 0.25) is 0 Å². The smallest absolute Gasteiger partial charge is 0.406 e. The lowest BCUT2D eigenvalue weighted by atomic mass is 10.3. The molecule has 0 aliphatic carbocycles. The van der Waals surface area contributed by atoms with Gasteiger partial charge in [0.25, 0.3) is 0 Å². The first-order valence-corrected chi connectivity index (χ1v) is 4.58. The molecular formula is C10H7F3N2O2. The summed E-state index contributed by atoms with van der Waals surface area (Å²) in [5, 5.41) is 0. The molecule has 1 N–H and O–H groups in total. The molecule has 0 bridgehead atoms. The quantitative estimate of drug-likeness (QED) is 0.878. The molecule has 1 aromatic carbocycles. The Kier molecular flexibility index (Phi) is 2.66. The monoisotopic (exact) mass is 244 g/mol. The Morgan fingerprint density at radius 1 is 1.18 bits per heavy atom. The number of alkyl halides is 3. The van der Waals surface area contributed by atoms with Gasteiger partial charge in [0.15, 0.2) is 0 Å². The molecule has 0 atom stereocenters. The average molecular weight is 244 g/mol. The Hall–Kier alpha value is -2.18. The van der Waals surface area contributed by atoms with Gasteiger partial charge in [-0.05, 0) is 24.3 Å². The molecule has 90 valence electrons. The zero-order valence-corrected chi connectivity index (χ0v) is 8.36. The number of imidazole rings is 1. The van der Waals surface area contributed by atoms with Gasteiger partial charge >= 0.3 is 12.1 Å². The molecule has 1 aromatic heterocycles. The molecule has 0 aliphatic heterocycles. The summed E-state index contributed by atoms with van der Waals surface area (Å²) >= 11 is 0. The fourth-order valence-electron chi connectivity index (χ4n) is 1.33. The van der Waals surface area contributed by atoms with Gasteiger partial charge in [0, 0.05) is 12.4 Å². The largest absolute Gasteiger partial charge is 0.573 e. The second-order valence-corrected chi connectivity index (χ2v) is 3.18. The molecule has 0 radical (unpaired) electrons. The van der Waals surface area contributed by atoms with Crippen LogP contribution in [0, 0.1) is 0 Å². The second kappa shape index (κ2) is 4.00. The Morgan fingerprint density at radius 2 is 1.82 bits per heavy atom. The van der Waals surface area contributed by atoms with Crippen LogP contribution >= 0.6 is 0 Å². The van der Waals surface area contributed by atoms with Gasteiger partial charge in [-0.25, -0.2) is 4.79 Å². The van der Waals surface area contributed by atoms with E-state index >= 15 is 0 Å². The molecule has 17 heavy (non-hydrogen) atoms. The lowest BCUT2D eigenvalue weighted by Gasteiger charge is -2.09. The lowest BCUT2D eigenvalue weighted by molar-refractivity contribution is -0.274. The number of benzene rings is 1. The van der Waals surface area contributed by atoms with Crippen molar-refractivity contribution in [3.05, 3.63) is 47.1 Å². The lowest BCUT2D eigenvalue weighted by Crippen LogP contribution is -2.17. The number of H-pyrrole nitrogens is 1. The highest BCUT2D eigenvalue weighted by Crippen LogP contribution is 2.23. The van der Waals surface area contributed by atoms with E-state index in [1.165, 1.54) is 29.1 Å². The van der Waals surface area contributed by atoms with Crippen LogP contribution in [0.3, 0.4) is 0 Å². The number of hydrogen-bond donors (Lipinski definition) is 1. The van der Waals surface area contributed by atoms with E-state index < -0.39 is 6.36 Å². The average Bonchev–Trinajstić information content (AvgIpc) is 2.63. The first-order valence-electron chi connectivity index (χ1n) is 4.58. The summed E-state index contributed by atoms with van der Waals surface area (Å²) in [4.78, 5) is 13.6. The van der Waals surface area contributed by atoms with Gasteiger partial charge in [-0.2, -0.15) is 0 Å². The number of aromatic nitrogens is 2. The summed E-state index contributed by atoms with van der Waals surface area (Å²) in [6.45, 7) is 0. The highest BCUT2D eigenvalue weighted by molar-refractivity contribution is 5.37. The van der Waals surface area contributed by atoms with Crippen molar-refractivity contribution in [2.45, 2.75) is 6.36 Å². The van der Waals surface area contributed by atoms with Crippen LogP contribution in [-0.2, 0) is 0 Å². The van der Waals surface area contributed by atoms with Crippen molar-refractivity contribution in [1.82, 2.24) is 9.55 Å². The highest BCUT2D eigenvalue weighted by Gasteiger charge is 2.30. The summed E-state index contributed by atoms with van der Waals surface area (Å²) in [5.74, 6) is -0.329. The van der Waals surface area contributed by atoms with E-state index in [1.807, 2.05) is 0 Å². The van der Waals surface area contributed by atoms with E-state index in [-0.39, 0.29) is 11.4 Å². The number of nitrogens with zero attached hydrogens (tertiary/aromatic N) is 1. The van der Waals surface area contributed by atoms with Crippen LogP contribution < -0.4 is 10.4 Å². The third-order valence-electron chi connectivity index (χ3n) is 2.00. The number of aromatic amines is 1. The third-order valence-corrected chi connectivity index (χ3v) is 2.00. The number of rotatable bonds is 2. The molecular weight excluding hydrogens is 237 g/mol. The van der Waals surface area contributed by atoms with Crippen molar-refractivity contribution >= 4 is 0 Å². The highest BCUT2D eigenvalue weighted by atomic mass is 19.4. The van der Waals surface area contributed by atoms with Crippen molar-refractivity contribution in [2.24, 2.45) is 0 Å². The fraction of sp³-hybridized carbons (Fsp3) is 0.100. The van der Waals surface area contributed by atoms with Crippen molar-refractivity contribution in [1.29, 1.82) is 0 Å². The molecule has 7 heteroatoms. The van der Waals surface area contributed by atoms with Gasteiger partial charge in [-0.3, -0.25) is 4.57 Å². The summed E-state index contributed by atoms with van der Waals surface area (Å²) in [6, 6.07) is 5.00. The molecule has 0 saturated heterocycles. The number of nitrogens with one attached hydrogen (secondary N) is 1.